The third-order valence-electron chi connectivity index (χ3n) is 6.26. The van der Waals surface area contributed by atoms with Crippen molar-refractivity contribution in [2.75, 3.05) is 6.61 Å². The average Bonchev–Trinajstić information content (AvgIpc) is 2.80. The Morgan fingerprint density at radius 2 is 1.06 bits per heavy atom. The summed E-state index contributed by atoms with van der Waals surface area (Å²) in [5.41, 5.74) is 0. The summed E-state index contributed by atoms with van der Waals surface area (Å²) < 4.78 is 30.5. The molecule has 0 unspecified atom stereocenters. The van der Waals surface area contributed by atoms with Crippen molar-refractivity contribution in [1.82, 2.24) is 0 Å². The molecule has 0 fully saturated rings. The van der Waals surface area contributed by atoms with Crippen LogP contribution in [0.25, 0.3) is 10.8 Å². The number of rotatable bonds is 19. The molecule has 181 valence electrons. The monoisotopic (exact) mass is 499 g/mol. The number of hydrogen-bond donors (Lipinski definition) is 0. The van der Waals surface area contributed by atoms with Crippen LogP contribution in [-0.4, -0.2) is 66.4 Å². The summed E-state index contributed by atoms with van der Waals surface area (Å²) in [5, 5.41) is 1.64. The number of fused-ring (bicyclic) bond motifs is 1. The summed E-state index contributed by atoms with van der Waals surface area (Å²) in [4.78, 5) is 0.270. The van der Waals surface area contributed by atoms with Crippen LogP contribution in [0.3, 0.4) is 0 Å². The Hall–Kier alpha value is 0.246. The molecule has 3 nitrogen and oxygen atoms in total. The summed E-state index contributed by atoms with van der Waals surface area (Å²) in [6, 6.07) is 12.8. The van der Waals surface area contributed by atoms with Gasteiger partial charge in [-0.3, -0.25) is 4.18 Å². The largest absolute Gasteiger partial charge is 0.297 e. The second-order valence-electron chi connectivity index (χ2n) is 9.06. The SMILES string of the molecule is CCCCCCCCCCCCCCCCCCOS(=O)(=O)c1cccc2ccccc12.[K]. The molecule has 0 heterocycles. The molecule has 0 aliphatic carbocycles. The van der Waals surface area contributed by atoms with Crippen molar-refractivity contribution in [2.24, 2.45) is 0 Å². The van der Waals surface area contributed by atoms with Gasteiger partial charge in [0.05, 0.1) is 6.61 Å². The van der Waals surface area contributed by atoms with Gasteiger partial charge in [-0.2, -0.15) is 8.42 Å². The van der Waals surface area contributed by atoms with Gasteiger partial charge < -0.3 is 0 Å². The number of benzene rings is 2. The Kier molecular flexibility index (Phi) is 18.4. The Labute approximate surface area is 246 Å². The van der Waals surface area contributed by atoms with Crippen molar-refractivity contribution in [1.29, 1.82) is 0 Å². The second-order valence-corrected chi connectivity index (χ2v) is 10.6. The molecule has 5 heteroatoms. The molecular formula is C28H44KO3S. The molecule has 0 aliphatic heterocycles. The summed E-state index contributed by atoms with van der Waals surface area (Å²) >= 11 is 0. The molecule has 2 rings (SSSR count). The molecule has 0 spiro atoms. The van der Waals surface area contributed by atoms with E-state index in [1.165, 1.54) is 83.5 Å². The van der Waals surface area contributed by atoms with E-state index >= 15 is 0 Å². The van der Waals surface area contributed by atoms with Crippen molar-refractivity contribution >= 4 is 72.3 Å². The van der Waals surface area contributed by atoms with E-state index in [2.05, 4.69) is 6.92 Å². The Morgan fingerprint density at radius 1 is 0.606 bits per heavy atom. The van der Waals surface area contributed by atoms with E-state index in [-0.39, 0.29) is 62.9 Å². The zero-order chi connectivity index (χ0) is 22.9. The zero-order valence-corrected chi connectivity index (χ0v) is 25.1. The molecule has 2 aromatic carbocycles. The molecule has 0 aliphatic rings. The fraction of sp³-hybridized carbons (Fsp3) is 0.643. The van der Waals surface area contributed by atoms with Crippen LogP contribution in [-0.2, 0) is 14.3 Å². The fourth-order valence-electron chi connectivity index (χ4n) is 4.30. The van der Waals surface area contributed by atoms with Crippen LogP contribution in [0.2, 0.25) is 0 Å². The van der Waals surface area contributed by atoms with Crippen LogP contribution >= 0.6 is 0 Å². The number of unbranched alkanes of at least 4 members (excludes halogenated alkanes) is 15. The Balaban J connectivity index is 0.00000544. The Morgan fingerprint density at radius 3 is 1.61 bits per heavy atom. The van der Waals surface area contributed by atoms with Crippen molar-refractivity contribution < 1.29 is 12.6 Å². The van der Waals surface area contributed by atoms with Crippen molar-refractivity contribution in [3.05, 3.63) is 42.5 Å². The van der Waals surface area contributed by atoms with Crippen LogP contribution in [0.1, 0.15) is 110 Å². The normalized spacial score (nSPS) is 11.5. The second kappa shape index (κ2) is 19.4. The maximum Gasteiger partial charge on any atom is 0.297 e. The molecule has 0 amide bonds. The standard InChI is InChI=1S/C28H44O3S.K/c1-2-3-4-5-6-7-8-9-10-11-12-13-14-15-16-19-25-31-32(29,30)28-24-20-22-26-21-17-18-23-27(26)28;/h17-18,20-24H,2-16,19,25H2,1H3;. The molecule has 0 aromatic heterocycles. The Bertz CT molecular complexity index is 846. The molecule has 2 aromatic rings. The van der Waals surface area contributed by atoms with Gasteiger partial charge in [0.15, 0.2) is 0 Å². The molecular weight excluding hydrogens is 455 g/mol. The molecule has 0 N–H and O–H groups in total. The van der Waals surface area contributed by atoms with Crippen LogP contribution in [0.4, 0.5) is 0 Å². The van der Waals surface area contributed by atoms with Gasteiger partial charge in [0, 0.05) is 56.8 Å². The van der Waals surface area contributed by atoms with Gasteiger partial charge in [-0.15, -0.1) is 0 Å². The first kappa shape index (κ1) is 31.3. The third kappa shape index (κ3) is 13.2. The maximum atomic E-state index is 12.6. The molecule has 0 saturated heterocycles. The first-order valence-corrected chi connectivity index (χ1v) is 14.4. The molecule has 0 bridgehead atoms. The van der Waals surface area contributed by atoms with E-state index in [1.807, 2.05) is 30.3 Å². The summed E-state index contributed by atoms with van der Waals surface area (Å²) in [7, 11) is -3.71. The molecule has 1 radical (unpaired) electrons. The van der Waals surface area contributed by atoms with Gasteiger partial charge in [0.1, 0.15) is 4.90 Å². The predicted octanol–water partition coefficient (Wildman–Crippen LogP) is 8.43. The third-order valence-corrected chi connectivity index (χ3v) is 7.63. The van der Waals surface area contributed by atoms with Gasteiger partial charge in [-0.25, -0.2) is 0 Å². The number of hydrogen-bond acceptors (Lipinski definition) is 3. The topological polar surface area (TPSA) is 43.4 Å². The van der Waals surface area contributed by atoms with Crippen molar-refractivity contribution in [3.8, 4) is 0 Å². The van der Waals surface area contributed by atoms with E-state index in [9.17, 15) is 8.42 Å². The molecule has 0 saturated carbocycles. The van der Waals surface area contributed by atoms with E-state index in [4.69, 9.17) is 4.18 Å². The van der Waals surface area contributed by atoms with Crippen molar-refractivity contribution in [2.45, 2.75) is 115 Å². The first-order valence-electron chi connectivity index (χ1n) is 13.0. The smallest absolute Gasteiger partial charge is 0.266 e. The van der Waals surface area contributed by atoms with E-state index < -0.39 is 10.1 Å². The minimum atomic E-state index is -3.71. The van der Waals surface area contributed by atoms with Gasteiger partial charge in [-0.05, 0) is 17.9 Å². The maximum absolute atomic E-state index is 12.6. The predicted molar refractivity (Wildman–Crippen MR) is 142 cm³/mol. The molecule has 0 atom stereocenters. The quantitative estimate of drug-likeness (QED) is 0.111. The summed E-state index contributed by atoms with van der Waals surface area (Å²) in [5.74, 6) is 0. The summed E-state index contributed by atoms with van der Waals surface area (Å²) in [6.07, 6.45) is 20.8. The van der Waals surface area contributed by atoms with Gasteiger partial charge >= 0.3 is 0 Å². The first-order chi connectivity index (χ1) is 15.6. The van der Waals surface area contributed by atoms with Crippen LogP contribution in [0, 0.1) is 0 Å². The molecule has 33 heavy (non-hydrogen) atoms. The van der Waals surface area contributed by atoms with E-state index in [0.717, 1.165) is 30.0 Å². The fourth-order valence-corrected chi connectivity index (χ4v) is 5.46. The van der Waals surface area contributed by atoms with Gasteiger partial charge in [-0.1, -0.05) is 140 Å². The van der Waals surface area contributed by atoms with E-state index in [0.29, 0.717) is 0 Å². The minimum Gasteiger partial charge on any atom is -0.266 e. The van der Waals surface area contributed by atoms with Gasteiger partial charge in [0.25, 0.3) is 10.1 Å². The average molecular weight is 500 g/mol. The zero-order valence-electron chi connectivity index (χ0n) is 21.2. The van der Waals surface area contributed by atoms with Gasteiger partial charge in [0.2, 0.25) is 0 Å². The van der Waals surface area contributed by atoms with Crippen molar-refractivity contribution in [3.63, 3.8) is 0 Å². The van der Waals surface area contributed by atoms with Crippen LogP contribution in [0.15, 0.2) is 47.4 Å². The van der Waals surface area contributed by atoms with E-state index in [1.54, 1.807) is 12.1 Å². The van der Waals surface area contributed by atoms with Crippen LogP contribution < -0.4 is 0 Å². The van der Waals surface area contributed by atoms with Crippen LogP contribution in [0.5, 0.6) is 0 Å². The summed E-state index contributed by atoms with van der Waals surface area (Å²) in [6.45, 7) is 2.54. The minimum absolute atomic E-state index is 0.